The molecule has 0 radical (unpaired) electrons. The highest BCUT2D eigenvalue weighted by atomic mass is 16.6. The average Bonchev–Trinajstić information content (AvgIpc) is 3.27. The second kappa shape index (κ2) is 10.6. The number of carbonyl (C=O) groups is 3. The van der Waals surface area contributed by atoms with Crippen LogP contribution in [0.2, 0.25) is 0 Å². The number of rotatable bonds is 7. The summed E-state index contributed by atoms with van der Waals surface area (Å²) in [5.41, 5.74) is 2.13. The average molecular weight is 466 g/mol. The molecule has 0 bridgehead atoms. The molecule has 0 aromatic heterocycles. The maximum absolute atomic E-state index is 12.6. The van der Waals surface area contributed by atoms with Crippen LogP contribution in [-0.4, -0.2) is 54.6 Å². The fourth-order valence-corrected chi connectivity index (χ4v) is 4.58. The first-order valence-electron chi connectivity index (χ1n) is 11.8. The van der Waals surface area contributed by atoms with Gasteiger partial charge in [-0.15, -0.1) is 0 Å². The van der Waals surface area contributed by atoms with Crippen LogP contribution in [0.3, 0.4) is 0 Å². The number of carbonyl (C=O) groups excluding carboxylic acids is 3. The normalized spacial score (nSPS) is 20.1. The van der Waals surface area contributed by atoms with Crippen LogP contribution in [0, 0.1) is 0 Å². The Hall–Kier alpha value is -3.55. The van der Waals surface area contributed by atoms with Crippen molar-refractivity contribution < 1.29 is 23.9 Å². The summed E-state index contributed by atoms with van der Waals surface area (Å²) >= 11 is 0. The Labute approximate surface area is 199 Å². The molecule has 1 N–H and O–H groups in total. The molecule has 0 aliphatic carbocycles. The SMILES string of the molecule is CC1CCCC(C)N1C(=O)COc1ccc(C(=O)NCc2cccc(N3CCOC3=O)c2)cc1. The molecule has 8 nitrogen and oxygen atoms in total. The lowest BCUT2D eigenvalue weighted by Crippen LogP contribution is -2.49. The van der Waals surface area contributed by atoms with Gasteiger partial charge in [-0.1, -0.05) is 12.1 Å². The summed E-state index contributed by atoms with van der Waals surface area (Å²) in [6.07, 6.45) is 2.84. The number of cyclic esters (lactones) is 1. The van der Waals surface area contributed by atoms with Gasteiger partial charge in [0.15, 0.2) is 6.61 Å². The van der Waals surface area contributed by atoms with Crippen molar-refractivity contribution in [2.75, 3.05) is 24.7 Å². The maximum atomic E-state index is 12.6. The van der Waals surface area contributed by atoms with Crippen LogP contribution in [0.15, 0.2) is 48.5 Å². The van der Waals surface area contributed by atoms with Gasteiger partial charge in [0.05, 0.1) is 6.54 Å². The van der Waals surface area contributed by atoms with E-state index in [1.54, 1.807) is 29.2 Å². The first kappa shape index (κ1) is 23.6. The molecule has 4 rings (SSSR count). The fourth-order valence-electron chi connectivity index (χ4n) is 4.58. The van der Waals surface area contributed by atoms with Gasteiger partial charge >= 0.3 is 6.09 Å². The Balaban J connectivity index is 1.28. The second-order valence-corrected chi connectivity index (χ2v) is 8.86. The van der Waals surface area contributed by atoms with E-state index in [0.717, 1.165) is 30.5 Å². The van der Waals surface area contributed by atoms with Crippen molar-refractivity contribution in [2.45, 2.75) is 51.7 Å². The number of nitrogens with one attached hydrogen (secondary N) is 1. The van der Waals surface area contributed by atoms with E-state index in [-0.39, 0.29) is 36.6 Å². The van der Waals surface area contributed by atoms with E-state index in [2.05, 4.69) is 19.2 Å². The minimum absolute atomic E-state index is 0.00839. The maximum Gasteiger partial charge on any atom is 0.414 e. The van der Waals surface area contributed by atoms with E-state index >= 15 is 0 Å². The zero-order valence-corrected chi connectivity index (χ0v) is 19.7. The minimum atomic E-state index is -0.356. The summed E-state index contributed by atoms with van der Waals surface area (Å²) in [6.45, 7) is 5.37. The number of hydrogen-bond donors (Lipinski definition) is 1. The van der Waals surface area contributed by atoms with Crippen molar-refractivity contribution in [1.82, 2.24) is 10.2 Å². The second-order valence-electron chi connectivity index (χ2n) is 8.86. The van der Waals surface area contributed by atoms with Crippen LogP contribution < -0.4 is 15.0 Å². The van der Waals surface area contributed by atoms with Crippen LogP contribution in [-0.2, 0) is 16.1 Å². The van der Waals surface area contributed by atoms with Gasteiger partial charge in [-0.2, -0.15) is 0 Å². The van der Waals surface area contributed by atoms with Crippen LogP contribution >= 0.6 is 0 Å². The third kappa shape index (κ3) is 5.50. The Morgan fingerprint density at radius 2 is 1.82 bits per heavy atom. The lowest BCUT2D eigenvalue weighted by Gasteiger charge is -2.38. The zero-order chi connectivity index (χ0) is 24.1. The number of piperidine rings is 1. The molecule has 3 amide bonds. The van der Waals surface area contributed by atoms with Crippen molar-refractivity contribution in [3.8, 4) is 5.75 Å². The van der Waals surface area contributed by atoms with Gasteiger partial charge in [0.2, 0.25) is 0 Å². The number of likely N-dealkylation sites (tertiary alicyclic amines) is 1. The molecule has 2 aliphatic rings. The summed E-state index contributed by atoms with van der Waals surface area (Å²) in [7, 11) is 0. The molecule has 2 unspecified atom stereocenters. The highest BCUT2D eigenvalue weighted by molar-refractivity contribution is 5.94. The first-order valence-corrected chi connectivity index (χ1v) is 11.8. The van der Waals surface area contributed by atoms with Crippen LogP contribution in [0.1, 0.15) is 49.0 Å². The Morgan fingerprint density at radius 3 is 2.50 bits per heavy atom. The number of anilines is 1. The quantitative estimate of drug-likeness (QED) is 0.673. The van der Waals surface area contributed by atoms with Crippen LogP contribution in [0.25, 0.3) is 0 Å². The summed E-state index contributed by atoms with van der Waals surface area (Å²) in [5.74, 6) is 0.322. The van der Waals surface area contributed by atoms with Crippen LogP contribution in [0.5, 0.6) is 5.75 Å². The molecule has 34 heavy (non-hydrogen) atoms. The van der Waals surface area contributed by atoms with E-state index in [1.807, 2.05) is 29.2 Å². The molecule has 2 saturated heterocycles. The number of nitrogens with zero attached hydrogens (tertiary/aromatic N) is 2. The Morgan fingerprint density at radius 1 is 1.09 bits per heavy atom. The standard InChI is InChI=1S/C26H31N3O5/c1-18-5-3-6-19(2)29(18)24(30)17-34-23-11-9-21(10-12-23)25(31)27-16-20-7-4-8-22(15-20)28-13-14-33-26(28)32/h4,7-12,15,18-19H,3,5-6,13-14,16-17H2,1-2H3,(H,27,31). The Bertz CT molecular complexity index is 1030. The van der Waals surface area contributed by atoms with E-state index in [1.165, 1.54) is 0 Å². The lowest BCUT2D eigenvalue weighted by atomic mass is 9.97. The smallest absolute Gasteiger partial charge is 0.414 e. The number of benzene rings is 2. The van der Waals surface area contributed by atoms with E-state index < -0.39 is 0 Å². The monoisotopic (exact) mass is 465 g/mol. The lowest BCUT2D eigenvalue weighted by molar-refractivity contribution is -0.139. The molecule has 2 atom stereocenters. The van der Waals surface area contributed by atoms with Crippen molar-refractivity contribution in [1.29, 1.82) is 0 Å². The van der Waals surface area contributed by atoms with Gasteiger partial charge in [-0.3, -0.25) is 14.5 Å². The zero-order valence-electron chi connectivity index (χ0n) is 19.7. The Kier molecular flexibility index (Phi) is 7.35. The first-order chi connectivity index (χ1) is 16.4. The predicted octanol–water partition coefficient (Wildman–Crippen LogP) is 3.74. The summed E-state index contributed by atoms with van der Waals surface area (Å²) in [5, 5.41) is 2.89. The third-order valence-corrected chi connectivity index (χ3v) is 6.40. The largest absolute Gasteiger partial charge is 0.484 e. The van der Waals surface area contributed by atoms with Crippen molar-refractivity contribution in [3.05, 3.63) is 59.7 Å². The molecule has 180 valence electrons. The van der Waals surface area contributed by atoms with Crippen molar-refractivity contribution in [3.63, 3.8) is 0 Å². The molecular formula is C26H31N3O5. The molecular weight excluding hydrogens is 434 g/mol. The fraction of sp³-hybridized carbons (Fsp3) is 0.423. The van der Waals surface area contributed by atoms with E-state index in [9.17, 15) is 14.4 Å². The predicted molar refractivity (Wildman–Crippen MR) is 128 cm³/mol. The number of amides is 3. The van der Waals surface area contributed by atoms with E-state index in [0.29, 0.717) is 31.0 Å². The van der Waals surface area contributed by atoms with Crippen LogP contribution in [0.4, 0.5) is 10.5 Å². The minimum Gasteiger partial charge on any atom is -0.484 e. The highest BCUT2D eigenvalue weighted by Gasteiger charge is 2.29. The van der Waals surface area contributed by atoms with E-state index in [4.69, 9.17) is 9.47 Å². The number of hydrogen-bond acceptors (Lipinski definition) is 5. The molecule has 2 fully saturated rings. The summed E-state index contributed by atoms with van der Waals surface area (Å²) < 4.78 is 10.7. The van der Waals surface area contributed by atoms with Gasteiger partial charge in [0, 0.05) is 29.9 Å². The third-order valence-electron chi connectivity index (χ3n) is 6.40. The van der Waals surface area contributed by atoms with Crippen molar-refractivity contribution >= 4 is 23.6 Å². The molecule has 2 aromatic rings. The topological polar surface area (TPSA) is 88.2 Å². The molecule has 0 spiro atoms. The van der Waals surface area contributed by atoms with Gasteiger partial charge in [0.25, 0.3) is 11.8 Å². The highest BCUT2D eigenvalue weighted by Crippen LogP contribution is 2.23. The van der Waals surface area contributed by atoms with Crippen molar-refractivity contribution in [2.24, 2.45) is 0 Å². The molecule has 2 aromatic carbocycles. The van der Waals surface area contributed by atoms with Gasteiger partial charge in [-0.25, -0.2) is 4.79 Å². The van der Waals surface area contributed by atoms with Gasteiger partial charge in [0.1, 0.15) is 12.4 Å². The molecule has 0 saturated carbocycles. The molecule has 2 aliphatic heterocycles. The summed E-state index contributed by atoms with van der Waals surface area (Å²) in [4.78, 5) is 40.4. The van der Waals surface area contributed by atoms with Gasteiger partial charge < -0.3 is 19.7 Å². The molecule has 2 heterocycles. The number of ether oxygens (including phenoxy) is 2. The summed E-state index contributed by atoms with van der Waals surface area (Å²) in [6, 6.07) is 14.7. The molecule has 8 heteroatoms. The van der Waals surface area contributed by atoms with Gasteiger partial charge in [-0.05, 0) is 75.1 Å².